The Morgan fingerprint density at radius 1 is 1.40 bits per heavy atom. The number of hydrogen-bond donors (Lipinski definition) is 2. The van der Waals surface area contributed by atoms with Gasteiger partial charge >= 0.3 is 0 Å². The van der Waals surface area contributed by atoms with Crippen LogP contribution in [0.5, 0.6) is 0 Å². The van der Waals surface area contributed by atoms with E-state index in [4.69, 9.17) is 18.0 Å². The van der Waals surface area contributed by atoms with Gasteiger partial charge in [-0.05, 0) is 40.0 Å². The number of hydrogen-bond acceptors (Lipinski definition) is 3. The quantitative estimate of drug-likeness (QED) is 0.810. The van der Waals surface area contributed by atoms with Crippen molar-refractivity contribution in [3.05, 3.63) is 56.2 Å². The smallest absolute Gasteiger partial charge is 0.262 e. The molecule has 1 heterocycles. The average molecular weight is 369 g/mol. The molecule has 0 spiro atoms. The lowest BCUT2D eigenvalue weighted by atomic mass is 10.1. The molecule has 2 aromatic rings. The molecule has 1 amide bonds. The van der Waals surface area contributed by atoms with E-state index in [-0.39, 0.29) is 10.9 Å². The Morgan fingerprint density at radius 2 is 2.05 bits per heavy atom. The first-order valence-corrected chi connectivity index (χ1v) is 7.92. The van der Waals surface area contributed by atoms with Crippen molar-refractivity contribution in [1.29, 1.82) is 0 Å². The Kier molecular flexibility index (Phi) is 4.91. The zero-order valence-corrected chi connectivity index (χ0v) is 13.9. The van der Waals surface area contributed by atoms with Gasteiger partial charge in [0.2, 0.25) is 0 Å². The third kappa shape index (κ3) is 3.45. The summed E-state index contributed by atoms with van der Waals surface area (Å²) in [5.74, 6) is -0.176. The largest absolute Gasteiger partial charge is 0.391 e. The van der Waals surface area contributed by atoms with Crippen molar-refractivity contribution in [3.63, 3.8) is 0 Å². The number of thiocarbonyl (C=S) groups is 1. The Labute approximate surface area is 135 Å². The van der Waals surface area contributed by atoms with Crippen LogP contribution in [-0.2, 0) is 0 Å². The summed E-state index contributed by atoms with van der Waals surface area (Å²) in [6, 6.07) is 10.8. The minimum Gasteiger partial charge on any atom is -0.391 e. The number of halogens is 1. The molecule has 0 radical (unpaired) electrons. The van der Waals surface area contributed by atoms with Crippen LogP contribution in [-0.4, -0.2) is 10.9 Å². The molecule has 0 bridgehead atoms. The van der Waals surface area contributed by atoms with E-state index in [9.17, 15) is 4.79 Å². The molecule has 1 unspecified atom stereocenters. The third-order valence-electron chi connectivity index (χ3n) is 2.77. The maximum Gasteiger partial charge on any atom is 0.262 e. The Hall–Kier alpha value is -1.24. The molecule has 2 rings (SSSR count). The van der Waals surface area contributed by atoms with Gasteiger partial charge in [0.25, 0.3) is 5.91 Å². The van der Waals surface area contributed by atoms with Gasteiger partial charge in [0.1, 0.15) is 11.0 Å². The molecule has 20 heavy (non-hydrogen) atoms. The van der Waals surface area contributed by atoms with Crippen LogP contribution in [0.4, 0.5) is 0 Å². The SMILES string of the molecule is Cc1cc(C(=O)NC(C(N)=S)c2ccccc2)sc1Br. The number of rotatable bonds is 4. The predicted molar refractivity (Wildman–Crippen MR) is 90.2 cm³/mol. The lowest BCUT2D eigenvalue weighted by molar-refractivity contribution is 0.0951. The first-order valence-electron chi connectivity index (χ1n) is 5.90. The predicted octanol–water partition coefficient (Wildman–Crippen LogP) is 3.58. The number of benzene rings is 1. The van der Waals surface area contributed by atoms with Crippen molar-refractivity contribution >= 4 is 50.4 Å². The van der Waals surface area contributed by atoms with Gasteiger partial charge in [0.15, 0.2) is 0 Å². The Balaban J connectivity index is 2.21. The van der Waals surface area contributed by atoms with E-state index in [0.717, 1.165) is 14.9 Å². The fraction of sp³-hybridized carbons (Fsp3) is 0.143. The Morgan fingerprint density at radius 3 is 2.55 bits per heavy atom. The van der Waals surface area contributed by atoms with Crippen molar-refractivity contribution in [2.75, 3.05) is 0 Å². The molecule has 6 heteroatoms. The van der Waals surface area contributed by atoms with Crippen molar-refractivity contribution in [2.24, 2.45) is 5.73 Å². The first-order chi connectivity index (χ1) is 9.49. The molecule has 104 valence electrons. The molecule has 1 aromatic heterocycles. The summed E-state index contributed by atoms with van der Waals surface area (Å²) >= 11 is 9.86. The minimum absolute atomic E-state index is 0.176. The number of thiophene rings is 1. The first kappa shape index (κ1) is 15.2. The van der Waals surface area contributed by atoms with Gasteiger partial charge in [0, 0.05) is 0 Å². The molecule has 1 aromatic carbocycles. The zero-order valence-electron chi connectivity index (χ0n) is 10.7. The molecular weight excluding hydrogens is 356 g/mol. The van der Waals surface area contributed by atoms with Crippen LogP contribution in [0.1, 0.15) is 26.8 Å². The van der Waals surface area contributed by atoms with E-state index in [1.807, 2.05) is 43.3 Å². The molecule has 3 nitrogen and oxygen atoms in total. The number of nitrogens with one attached hydrogen (secondary N) is 1. The summed E-state index contributed by atoms with van der Waals surface area (Å²) in [6.45, 7) is 1.94. The fourth-order valence-electron chi connectivity index (χ4n) is 1.74. The van der Waals surface area contributed by atoms with Gasteiger partial charge in [-0.2, -0.15) is 0 Å². The normalized spacial score (nSPS) is 11.9. The number of carbonyl (C=O) groups is 1. The van der Waals surface area contributed by atoms with Crippen LogP contribution < -0.4 is 11.1 Å². The summed E-state index contributed by atoms with van der Waals surface area (Å²) < 4.78 is 0.953. The average Bonchev–Trinajstić information content (AvgIpc) is 2.76. The van der Waals surface area contributed by atoms with E-state index < -0.39 is 6.04 Å². The van der Waals surface area contributed by atoms with Crippen LogP contribution >= 0.6 is 39.5 Å². The highest BCUT2D eigenvalue weighted by atomic mass is 79.9. The molecule has 1 atom stereocenters. The molecule has 0 aliphatic rings. The molecular formula is C14H13BrN2OS2. The maximum atomic E-state index is 12.3. The topological polar surface area (TPSA) is 55.1 Å². The molecule has 0 aliphatic carbocycles. The summed E-state index contributed by atoms with van der Waals surface area (Å²) in [5.41, 5.74) is 7.65. The van der Waals surface area contributed by atoms with Gasteiger partial charge in [-0.3, -0.25) is 4.79 Å². The number of amides is 1. The van der Waals surface area contributed by atoms with Crippen molar-refractivity contribution in [2.45, 2.75) is 13.0 Å². The van der Waals surface area contributed by atoms with E-state index >= 15 is 0 Å². The number of nitrogens with two attached hydrogens (primary N) is 1. The lowest BCUT2D eigenvalue weighted by Gasteiger charge is -2.17. The summed E-state index contributed by atoms with van der Waals surface area (Å²) in [5, 5.41) is 2.87. The second-order valence-electron chi connectivity index (χ2n) is 4.29. The second-order valence-corrected chi connectivity index (χ2v) is 7.13. The summed E-state index contributed by atoms with van der Waals surface area (Å²) in [4.78, 5) is 13.1. The van der Waals surface area contributed by atoms with E-state index in [1.54, 1.807) is 0 Å². The highest BCUT2D eigenvalue weighted by molar-refractivity contribution is 9.11. The third-order valence-corrected chi connectivity index (χ3v) is 5.14. The van der Waals surface area contributed by atoms with E-state index in [1.165, 1.54) is 11.3 Å². The zero-order chi connectivity index (χ0) is 14.7. The second kappa shape index (κ2) is 6.47. The molecule has 0 aliphatic heterocycles. The standard InChI is InChI=1S/C14H13BrN2OS2/c1-8-7-10(20-12(8)15)14(18)17-11(13(16)19)9-5-3-2-4-6-9/h2-7,11H,1H3,(H2,16,19)(H,17,18). The van der Waals surface area contributed by atoms with Crippen molar-refractivity contribution in [3.8, 4) is 0 Å². The van der Waals surface area contributed by atoms with Crippen LogP contribution in [0.25, 0.3) is 0 Å². The molecule has 3 N–H and O–H groups in total. The minimum atomic E-state index is -0.458. The van der Waals surface area contributed by atoms with Crippen molar-refractivity contribution in [1.82, 2.24) is 5.32 Å². The van der Waals surface area contributed by atoms with Gasteiger partial charge in [0.05, 0.1) is 8.66 Å². The van der Waals surface area contributed by atoms with Gasteiger partial charge in [-0.25, -0.2) is 0 Å². The van der Waals surface area contributed by atoms with Crippen LogP contribution in [0.2, 0.25) is 0 Å². The lowest BCUT2D eigenvalue weighted by Crippen LogP contribution is -2.36. The van der Waals surface area contributed by atoms with E-state index in [0.29, 0.717) is 4.88 Å². The van der Waals surface area contributed by atoms with Gasteiger partial charge in [-0.1, -0.05) is 42.5 Å². The molecule has 0 fully saturated rings. The van der Waals surface area contributed by atoms with Crippen LogP contribution in [0.15, 0.2) is 40.2 Å². The highest BCUT2D eigenvalue weighted by Gasteiger charge is 2.19. The Bertz CT molecular complexity index is 620. The monoisotopic (exact) mass is 368 g/mol. The van der Waals surface area contributed by atoms with Gasteiger partial charge < -0.3 is 11.1 Å². The van der Waals surface area contributed by atoms with E-state index in [2.05, 4.69) is 21.2 Å². The fourth-order valence-corrected chi connectivity index (χ4v) is 3.37. The number of aryl methyl sites for hydroxylation is 1. The van der Waals surface area contributed by atoms with Crippen LogP contribution in [0.3, 0.4) is 0 Å². The summed E-state index contributed by atoms with van der Waals surface area (Å²) in [7, 11) is 0. The highest BCUT2D eigenvalue weighted by Crippen LogP contribution is 2.27. The molecule has 0 saturated heterocycles. The van der Waals surface area contributed by atoms with Crippen molar-refractivity contribution < 1.29 is 4.79 Å². The summed E-state index contributed by atoms with van der Waals surface area (Å²) in [6.07, 6.45) is 0. The number of carbonyl (C=O) groups excluding carboxylic acids is 1. The van der Waals surface area contributed by atoms with Crippen LogP contribution in [0, 0.1) is 6.92 Å². The maximum absolute atomic E-state index is 12.3. The van der Waals surface area contributed by atoms with Gasteiger partial charge in [-0.15, -0.1) is 11.3 Å². The molecule has 0 saturated carbocycles.